The van der Waals surface area contributed by atoms with Gasteiger partial charge in [0.1, 0.15) is 11.5 Å². The van der Waals surface area contributed by atoms with Crippen molar-refractivity contribution in [2.75, 3.05) is 5.32 Å². The van der Waals surface area contributed by atoms with Crippen LogP contribution in [0.4, 0.5) is 5.82 Å². The molecule has 4 heteroatoms. The van der Waals surface area contributed by atoms with E-state index in [0.29, 0.717) is 11.5 Å². The van der Waals surface area contributed by atoms with Gasteiger partial charge in [0.25, 0.3) is 5.91 Å². The number of rotatable bonds is 2. The molecule has 3 rings (SSSR count). The van der Waals surface area contributed by atoms with Gasteiger partial charge >= 0.3 is 0 Å². The lowest BCUT2D eigenvalue weighted by Gasteiger charge is -2.08. The van der Waals surface area contributed by atoms with Gasteiger partial charge in [0.2, 0.25) is 0 Å². The summed E-state index contributed by atoms with van der Waals surface area (Å²) in [6, 6.07) is 13.3. The van der Waals surface area contributed by atoms with Crippen LogP contribution in [0.5, 0.6) is 0 Å². The molecule has 0 aliphatic rings. The molecule has 2 heterocycles. The lowest BCUT2D eigenvalue weighted by molar-refractivity contribution is 0.102. The maximum absolute atomic E-state index is 12.4. The number of anilines is 1. The summed E-state index contributed by atoms with van der Waals surface area (Å²) < 4.78 is 0. The van der Waals surface area contributed by atoms with Crippen LogP contribution in [0.15, 0.2) is 48.7 Å². The predicted octanol–water partition coefficient (Wildman–Crippen LogP) is 3.50. The zero-order chi connectivity index (χ0) is 14.8. The molecule has 0 bridgehead atoms. The Balaban J connectivity index is 2.01. The van der Waals surface area contributed by atoms with E-state index >= 15 is 0 Å². The van der Waals surface area contributed by atoms with Gasteiger partial charge in [-0.25, -0.2) is 4.98 Å². The van der Waals surface area contributed by atoms with E-state index < -0.39 is 0 Å². The molecule has 0 saturated carbocycles. The number of nitrogens with zero attached hydrogens (tertiary/aromatic N) is 2. The molecule has 0 saturated heterocycles. The van der Waals surface area contributed by atoms with Gasteiger partial charge < -0.3 is 5.32 Å². The number of benzene rings is 1. The topological polar surface area (TPSA) is 54.9 Å². The van der Waals surface area contributed by atoms with Gasteiger partial charge in [-0.15, -0.1) is 0 Å². The monoisotopic (exact) mass is 277 g/mol. The summed E-state index contributed by atoms with van der Waals surface area (Å²) in [6.07, 6.45) is 1.72. The second-order valence-electron chi connectivity index (χ2n) is 4.95. The van der Waals surface area contributed by atoms with Gasteiger partial charge in [0.15, 0.2) is 0 Å². The molecule has 4 nitrogen and oxygen atoms in total. The number of carbonyl (C=O) groups excluding carboxylic acids is 1. The van der Waals surface area contributed by atoms with Crippen LogP contribution in [0.2, 0.25) is 0 Å². The summed E-state index contributed by atoms with van der Waals surface area (Å²) in [5.41, 5.74) is 2.32. The average molecular weight is 277 g/mol. The van der Waals surface area contributed by atoms with Gasteiger partial charge in [-0.3, -0.25) is 9.78 Å². The van der Waals surface area contributed by atoms with Gasteiger partial charge in [-0.2, -0.15) is 0 Å². The van der Waals surface area contributed by atoms with Crippen LogP contribution < -0.4 is 5.32 Å². The molecule has 1 N–H and O–H groups in total. The van der Waals surface area contributed by atoms with Crippen LogP contribution in [-0.2, 0) is 0 Å². The molecule has 0 spiro atoms. The summed E-state index contributed by atoms with van der Waals surface area (Å²) in [7, 11) is 0. The molecule has 3 aromatic rings. The van der Waals surface area contributed by atoms with E-state index in [1.54, 1.807) is 12.3 Å². The fourth-order valence-electron chi connectivity index (χ4n) is 2.30. The average Bonchev–Trinajstić information content (AvgIpc) is 2.48. The number of amides is 1. The van der Waals surface area contributed by atoms with Crippen LogP contribution in [0.25, 0.3) is 10.8 Å². The first-order chi connectivity index (χ1) is 10.1. The minimum atomic E-state index is -0.246. The van der Waals surface area contributed by atoms with E-state index in [2.05, 4.69) is 15.3 Å². The lowest BCUT2D eigenvalue weighted by Crippen LogP contribution is -2.15. The Kier molecular flexibility index (Phi) is 3.36. The Morgan fingerprint density at radius 2 is 1.76 bits per heavy atom. The summed E-state index contributed by atoms with van der Waals surface area (Å²) in [5, 5.41) is 4.68. The summed E-state index contributed by atoms with van der Waals surface area (Å²) in [6.45, 7) is 3.87. The number of fused-ring (bicyclic) bond motifs is 1. The van der Waals surface area contributed by atoms with Crippen molar-refractivity contribution in [3.63, 3.8) is 0 Å². The highest BCUT2D eigenvalue weighted by molar-refractivity contribution is 6.11. The third kappa shape index (κ3) is 2.60. The van der Waals surface area contributed by atoms with E-state index in [1.807, 2.05) is 50.2 Å². The lowest BCUT2D eigenvalue weighted by atomic mass is 10.1. The Morgan fingerprint density at radius 1 is 1.00 bits per heavy atom. The molecular weight excluding hydrogens is 262 g/mol. The molecule has 0 radical (unpaired) electrons. The molecule has 0 aliphatic carbocycles. The van der Waals surface area contributed by atoms with Crippen molar-refractivity contribution in [2.24, 2.45) is 0 Å². The molecule has 1 amide bonds. The summed E-state index contributed by atoms with van der Waals surface area (Å²) in [4.78, 5) is 21.0. The van der Waals surface area contributed by atoms with E-state index in [9.17, 15) is 4.79 Å². The zero-order valence-electron chi connectivity index (χ0n) is 11.9. The first-order valence-electron chi connectivity index (χ1n) is 6.74. The summed E-state index contributed by atoms with van der Waals surface area (Å²) in [5.74, 6) is 0.288. The standard InChI is InChI=1S/C17H15N3O/c1-11-10-18-16(14-8-4-3-7-13(11)14)17(21)20-15-9-5-6-12(2)19-15/h3-10H,1-2H3,(H,19,20,21). The van der Waals surface area contributed by atoms with Crippen molar-refractivity contribution in [2.45, 2.75) is 13.8 Å². The van der Waals surface area contributed by atoms with Gasteiger partial charge in [0.05, 0.1) is 0 Å². The number of aryl methyl sites for hydroxylation is 2. The van der Waals surface area contributed by atoms with Gasteiger partial charge in [0, 0.05) is 17.3 Å². The third-order valence-electron chi connectivity index (χ3n) is 3.34. The highest BCUT2D eigenvalue weighted by Crippen LogP contribution is 2.21. The Morgan fingerprint density at radius 3 is 2.52 bits per heavy atom. The van der Waals surface area contributed by atoms with Crippen molar-refractivity contribution in [1.29, 1.82) is 0 Å². The van der Waals surface area contributed by atoms with Crippen LogP contribution in [-0.4, -0.2) is 15.9 Å². The van der Waals surface area contributed by atoms with Crippen molar-refractivity contribution in [3.05, 3.63) is 65.6 Å². The Hall–Kier alpha value is -2.75. The Labute approximate surface area is 122 Å². The SMILES string of the molecule is Cc1cccc(NC(=O)c2ncc(C)c3ccccc23)n1. The second kappa shape index (κ2) is 5.32. The highest BCUT2D eigenvalue weighted by atomic mass is 16.1. The van der Waals surface area contributed by atoms with Crippen LogP contribution >= 0.6 is 0 Å². The minimum absolute atomic E-state index is 0.246. The molecule has 0 fully saturated rings. The maximum atomic E-state index is 12.4. The molecule has 2 aromatic heterocycles. The van der Waals surface area contributed by atoms with Crippen molar-refractivity contribution in [1.82, 2.24) is 9.97 Å². The predicted molar refractivity (Wildman–Crippen MR) is 83.4 cm³/mol. The van der Waals surface area contributed by atoms with Crippen molar-refractivity contribution >= 4 is 22.5 Å². The van der Waals surface area contributed by atoms with E-state index in [1.165, 1.54) is 0 Å². The van der Waals surface area contributed by atoms with Crippen LogP contribution in [0.3, 0.4) is 0 Å². The smallest absolute Gasteiger partial charge is 0.276 e. The Bertz CT molecular complexity index is 827. The zero-order valence-corrected chi connectivity index (χ0v) is 11.9. The molecule has 21 heavy (non-hydrogen) atoms. The number of pyridine rings is 2. The fourth-order valence-corrected chi connectivity index (χ4v) is 2.30. The molecule has 0 unspecified atom stereocenters. The van der Waals surface area contributed by atoms with Crippen LogP contribution in [0, 0.1) is 13.8 Å². The quantitative estimate of drug-likeness (QED) is 0.780. The highest BCUT2D eigenvalue weighted by Gasteiger charge is 2.13. The van der Waals surface area contributed by atoms with E-state index in [0.717, 1.165) is 22.0 Å². The number of nitrogens with one attached hydrogen (secondary N) is 1. The van der Waals surface area contributed by atoms with Crippen LogP contribution in [0.1, 0.15) is 21.7 Å². The normalized spacial score (nSPS) is 10.6. The number of hydrogen-bond donors (Lipinski definition) is 1. The first-order valence-corrected chi connectivity index (χ1v) is 6.74. The van der Waals surface area contributed by atoms with E-state index in [-0.39, 0.29) is 5.91 Å². The fraction of sp³-hybridized carbons (Fsp3) is 0.118. The number of carbonyl (C=O) groups is 1. The third-order valence-corrected chi connectivity index (χ3v) is 3.34. The van der Waals surface area contributed by atoms with Gasteiger partial charge in [-0.05, 0) is 36.9 Å². The molecule has 1 aromatic carbocycles. The first kappa shape index (κ1) is 13.2. The summed E-state index contributed by atoms with van der Waals surface area (Å²) >= 11 is 0. The number of hydrogen-bond acceptors (Lipinski definition) is 3. The molecule has 104 valence electrons. The largest absolute Gasteiger partial charge is 0.305 e. The maximum Gasteiger partial charge on any atom is 0.276 e. The van der Waals surface area contributed by atoms with Gasteiger partial charge in [-0.1, -0.05) is 30.3 Å². The van der Waals surface area contributed by atoms with E-state index in [4.69, 9.17) is 0 Å². The second-order valence-corrected chi connectivity index (χ2v) is 4.95. The van der Waals surface area contributed by atoms with Crippen molar-refractivity contribution in [3.8, 4) is 0 Å². The molecule has 0 aliphatic heterocycles. The molecule has 0 atom stereocenters. The minimum Gasteiger partial charge on any atom is -0.305 e. The van der Waals surface area contributed by atoms with Crippen molar-refractivity contribution < 1.29 is 4.79 Å². The molecular formula is C17H15N3O. The number of aromatic nitrogens is 2.